The van der Waals surface area contributed by atoms with Crippen molar-refractivity contribution in [1.82, 2.24) is 19.4 Å². The first-order valence-electron chi connectivity index (χ1n) is 16.3. The zero-order valence-corrected chi connectivity index (χ0v) is 27.4. The molecule has 5 rings (SSSR count). The van der Waals surface area contributed by atoms with Gasteiger partial charge in [-0.1, -0.05) is 73.5 Å². The van der Waals surface area contributed by atoms with Gasteiger partial charge in [0.15, 0.2) is 5.69 Å². The van der Waals surface area contributed by atoms with E-state index >= 15 is 0 Å². The fourth-order valence-corrected chi connectivity index (χ4v) is 6.72. The minimum Gasteiger partial charge on any atom is -0.466 e. The van der Waals surface area contributed by atoms with E-state index in [-0.39, 0.29) is 30.7 Å². The van der Waals surface area contributed by atoms with E-state index in [1.54, 1.807) is 18.2 Å². The van der Waals surface area contributed by atoms with Crippen LogP contribution in [0.25, 0.3) is 11.3 Å². The Labute approximate surface area is 271 Å². The van der Waals surface area contributed by atoms with Crippen LogP contribution in [0.3, 0.4) is 0 Å². The second kappa shape index (κ2) is 14.1. The lowest BCUT2D eigenvalue weighted by Crippen LogP contribution is -2.58. The van der Waals surface area contributed by atoms with Crippen molar-refractivity contribution in [2.45, 2.75) is 89.5 Å². The summed E-state index contributed by atoms with van der Waals surface area (Å²) in [7, 11) is 0. The standard InChI is InChI=1S/C36H46N4O6/c1-5-45-30(41)23-36(44)19-13-12-18-29(36)40-25-37-31(32(40)27-16-10-7-11-17-27)33(42)39-21-20-38(34(43)46-35(2,3)4)24-28(39)22-26-14-8-6-9-15-26/h6-11,14-17,25,28-29,44H,5,12-13,18-24H2,1-4H3/t28-,29+,36?/m1/s1. The molecule has 1 unspecified atom stereocenters. The number of hydrogen-bond donors (Lipinski definition) is 1. The fourth-order valence-electron chi connectivity index (χ4n) is 6.72. The maximum absolute atomic E-state index is 14.6. The monoisotopic (exact) mass is 630 g/mol. The molecule has 1 N–H and O–H groups in total. The SMILES string of the molecule is CCOC(=O)CC1(O)CCCC[C@@H]1n1cnc(C(=O)N2CCN(C(=O)OC(C)(C)C)C[C@H]2Cc2ccccc2)c1-c1ccccc1. The average molecular weight is 631 g/mol. The number of hydrogen-bond acceptors (Lipinski definition) is 7. The van der Waals surface area contributed by atoms with Crippen LogP contribution < -0.4 is 0 Å². The van der Waals surface area contributed by atoms with Gasteiger partial charge < -0.3 is 28.9 Å². The molecule has 10 heteroatoms. The quantitative estimate of drug-likeness (QED) is 0.320. The summed E-state index contributed by atoms with van der Waals surface area (Å²) >= 11 is 0. The van der Waals surface area contributed by atoms with Gasteiger partial charge in [-0.05, 0) is 52.5 Å². The highest BCUT2D eigenvalue weighted by Gasteiger charge is 2.44. The topological polar surface area (TPSA) is 114 Å². The van der Waals surface area contributed by atoms with E-state index in [0.717, 1.165) is 24.0 Å². The third-order valence-electron chi connectivity index (χ3n) is 8.80. The lowest BCUT2D eigenvalue weighted by molar-refractivity contribution is -0.152. The van der Waals surface area contributed by atoms with E-state index in [0.29, 0.717) is 44.6 Å². The van der Waals surface area contributed by atoms with Crippen LogP contribution in [0.5, 0.6) is 0 Å². The largest absolute Gasteiger partial charge is 0.466 e. The van der Waals surface area contributed by atoms with Gasteiger partial charge in [0.1, 0.15) is 5.60 Å². The Morgan fingerprint density at radius 3 is 2.37 bits per heavy atom. The molecule has 3 atom stereocenters. The molecule has 1 saturated carbocycles. The van der Waals surface area contributed by atoms with Crippen LogP contribution >= 0.6 is 0 Å². The van der Waals surface area contributed by atoms with Crippen LogP contribution in [0.2, 0.25) is 0 Å². The van der Waals surface area contributed by atoms with Gasteiger partial charge in [-0.2, -0.15) is 0 Å². The Hall–Kier alpha value is -4.18. The number of esters is 1. The zero-order chi connectivity index (χ0) is 32.9. The van der Waals surface area contributed by atoms with Crippen LogP contribution in [0, 0.1) is 0 Å². The van der Waals surface area contributed by atoms with E-state index < -0.39 is 29.3 Å². The number of nitrogens with zero attached hydrogens (tertiary/aromatic N) is 4. The summed E-state index contributed by atoms with van der Waals surface area (Å²) in [6, 6.07) is 18.7. The Morgan fingerprint density at radius 1 is 1.00 bits per heavy atom. The highest BCUT2D eigenvalue weighted by molar-refractivity contribution is 5.98. The van der Waals surface area contributed by atoms with Crippen molar-refractivity contribution < 1.29 is 29.0 Å². The highest BCUT2D eigenvalue weighted by atomic mass is 16.6. The van der Waals surface area contributed by atoms with Gasteiger partial charge in [0.2, 0.25) is 0 Å². The second-order valence-corrected chi connectivity index (χ2v) is 13.3. The van der Waals surface area contributed by atoms with Crippen molar-refractivity contribution >= 4 is 18.0 Å². The molecule has 3 aromatic rings. The molecular formula is C36H46N4O6. The van der Waals surface area contributed by atoms with Crippen LogP contribution in [0.15, 0.2) is 67.0 Å². The smallest absolute Gasteiger partial charge is 0.410 e. The number of carbonyl (C=O) groups excluding carboxylic acids is 3. The summed E-state index contributed by atoms with van der Waals surface area (Å²) in [6.07, 6.45) is 4.38. The van der Waals surface area contributed by atoms with Crippen LogP contribution in [-0.4, -0.2) is 85.9 Å². The van der Waals surface area contributed by atoms with Crippen molar-refractivity contribution in [1.29, 1.82) is 0 Å². The predicted octanol–water partition coefficient (Wildman–Crippen LogP) is 5.65. The second-order valence-electron chi connectivity index (χ2n) is 13.3. The van der Waals surface area contributed by atoms with Gasteiger partial charge in [0.25, 0.3) is 5.91 Å². The van der Waals surface area contributed by atoms with Crippen molar-refractivity contribution in [3.8, 4) is 11.3 Å². The molecule has 1 saturated heterocycles. The van der Waals surface area contributed by atoms with Gasteiger partial charge in [-0.15, -0.1) is 0 Å². The number of aromatic nitrogens is 2. The van der Waals surface area contributed by atoms with E-state index in [4.69, 9.17) is 14.5 Å². The Morgan fingerprint density at radius 2 is 1.70 bits per heavy atom. The number of ether oxygens (including phenoxy) is 2. The van der Waals surface area contributed by atoms with Crippen molar-refractivity contribution in [2.75, 3.05) is 26.2 Å². The minimum atomic E-state index is -1.34. The van der Waals surface area contributed by atoms with E-state index in [1.165, 1.54) is 0 Å². The molecule has 1 aliphatic heterocycles. The first kappa shape index (κ1) is 33.2. The normalized spacial score (nSPS) is 21.9. The number of aliphatic hydroxyl groups is 1. The lowest BCUT2D eigenvalue weighted by atomic mass is 9.77. The number of amides is 2. The third kappa shape index (κ3) is 7.61. The Balaban J connectivity index is 1.51. The third-order valence-corrected chi connectivity index (χ3v) is 8.80. The molecule has 2 heterocycles. The van der Waals surface area contributed by atoms with Gasteiger partial charge >= 0.3 is 12.1 Å². The summed E-state index contributed by atoms with van der Waals surface area (Å²) in [5.41, 5.74) is 0.747. The summed E-state index contributed by atoms with van der Waals surface area (Å²) < 4.78 is 12.8. The van der Waals surface area contributed by atoms with Crippen molar-refractivity contribution in [3.63, 3.8) is 0 Å². The maximum atomic E-state index is 14.6. The van der Waals surface area contributed by atoms with Crippen LogP contribution in [-0.2, 0) is 20.7 Å². The number of piperazine rings is 1. The number of imidazole rings is 1. The molecule has 246 valence electrons. The summed E-state index contributed by atoms with van der Waals surface area (Å²) in [4.78, 5) is 48.5. The summed E-state index contributed by atoms with van der Waals surface area (Å²) in [5, 5.41) is 11.9. The summed E-state index contributed by atoms with van der Waals surface area (Å²) in [5.74, 6) is -0.687. The van der Waals surface area contributed by atoms with Gasteiger partial charge in [-0.3, -0.25) is 9.59 Å². The van der Waals surface area contributed by atoms with E-state index in [2.05, 4.69) is 0 Å². The number of rotatable bonds is 8. The molecule has 1 aromatic heterocycles. The van der Waals surface area contributed by atoms with Crippen LogP contribution in [0.4, 0.5) is 4.79 Å². The molecule has 0 bridgehead atoms. The van der Waals surface area contributed by atoms with Crippen molar-refractivity contribution in [3.05, 3.63) is 78.2 Å². The maximum Gasteiger partial charge on any atom is 0.410 e. The molecule has 0 spiro atoms. The summed E-state index contributed by atoms with van der Waals surface area (Å²) in [6.45, 7) is 8.47. The molecule has 2 fully saturated rings. The highest BCUT2D eigenvalue weighted by Crippen LogP contribution is 2.43. The Bertz CT molecular complexity index is 1500. The molecule has 1 aliphatic carbocycles. The molecule has 0 radical (unpaired) electrons. The molecular weight excluding hydrogens is 584 g/mol. The van der Waals surface area contributed by atoms with E-state index in [1.807, 2.05) is 90.9 Å². The first-order valence-corrected chi connectivity index (χ1v) is 16.3. The molecule has 2 amide bonds. The molecule has 10 nitrogen and oxygen atoms in total. The molecule has 46 heavy (non-hydrogen) atoms. The van der Waals surface area contributed by atoms with Gasteiger partial charge in [0.05, 0.1) is 42.7 Å². The minimum absolute atomic E-state index is 0.132. The molecule has 2 aromatic carbocycles. The van der Waals surface area contributed by atoms with Gasteiger partial charge in [-0.25, -0.2) is 9.78 Å². The zero-order valence-electron chi connectivity index (χ0n) is 27.4. The lowest BCUT2D eigenvalue weighted by Gasteiger charge is -2.42. The Kier molecular flexibility index (Phi) is 10.2. The van der Waals surface area contributed by atoms with E-state index in [9.17, 15) is 19.5 Å². The first-order chi connectivity index (χ1) is 22.0. The number of benzene rings is 2. The van der Waals surface area contributed by atoms with Gasteiger partial charge in [0, 0.05) is 25.2 Å². The average Bonchev–Trinajstić information content (AvgIpc) is 3.46. The fraction of sp³-hybridized carbons (Fsp3) is 0.500. The van der Waals surface area contributed by atoms with Crippen LogP contribution in [0.1, 0.15) is 81.9 Å². The molecule has 2 aliphatic rings. The van der Waals surface area contributed by atoms with Crippen molar-refractivity contribution in [2.24, 2.45) is 0 Å². The predicted molar refractivity (Wildman–Crippen MR) is 174 cm³/mol. The number of carbonyl (C=O) groups is 3.